The first kappa shape index (κ1) is 19.6. The van der Waals surface area contributed by atoms with Gasteiger partial charge in [0.15, 0.2) is 5.69 Å². The van der Waals surface area contributed by atoms with Gasteiger partial charge in [-0.1, -0.05) is 50.2 Å². The monoisotopic (exact) mass is 401 g/mol. The molecule has 0 aliphatic carbocycles. The van der Waals surface area contributed by atoms with Crippen molar-refractivity contribution < 1.29 is 4.79 Å². The van der Waals surface area contributed by atoms with Crippen LogP contribution in [0.1, 0.15) is 41.9 Å². The molecular weight excluding hydrogens is 378 g/mol. The Bertz CT molecular complexity index is 1320. The van der Waals surface area contributed by atoms with Gasteiger partial charge in [-0.05, 0) is 24.5 Å². The Morgan fingerprint density at radius 2 is 1.90 bits per heavy atom. The van der Waals surface area contributed by atoms with Crippen LogP contribution in [0.2, 0.25) is 0 Å². The van der Waals surface area contributed by atoms with Crippen molar-refractivity contribution in [3.05, 3.63) is 75.8 Å². The van der Waals surface area contributed by atoms with Crippen LogP contribution in [-0.2, 0) is 13.0 Å². The molecule has 2 aromatic carbocycles. The highest BCUT2D eigenvalue weighted by atomic mass is 16.2. The lowest BCUT2D eigenvalue weighted by molar-refractivity contribution is 0.0949. The lowest BCUT2D eigenvalue weighted by atomic mass is 10.1. The molecule has 7 heteroatoms. The van der Waals surface area contributed by atoms with Crippen molar-refractivity contribution in [2.24, 2.45) is 5.10 Å². The first-order valence-corrected chi connectivity index (χ1v) is 10.1. The summed E-state index contributed by atoms with van der Waals surface area (Å²) in [6, 6.07) is 13.1. The van der Waals surface area contributed by atoms with Gasteiger partial charge in [0.2, 0.25) is 0 Å². The van der Waals surface area contributed by atoms with Gasteiger partial charge in [-0.2, -0.15) is 10.2 Å². The zero-order valence-corrected chi connectivity index (χ0v) is 17.0. The van der Waals surface area contributed by atoms with Crippen molar-refractivity contribution in [1.29, 1.82) is 0 Å². The van der Waals surface area contributed by atoms with E-state index in [-0.39, 0.29) is 11.3 Å². The topological polar surface area (TPSA) is 92.1 Å². The first-order valence-electron chi connectivity index (χ1n) is 10.1. The van der Waals surface area contributed by atoms with Gasteiger partial charge in [0.1, 0.15) is 0 Å². The van der Waals surface area contributed by atoms with E-state index in [0.29, 0.717) is 17.3 Å². The minimum atomic E-state index is -0.457. The van der Waals surface area contributed by atoms with Gasteiger partial charge in [0.05, 0.1) is 11.6 Å². The molecule has 0 bridgehead atoms. The highest BCUT2D eigenvalue weighted by Gasteiger charge is 2.16. The molecule has 0 saturated heterocycles. The summed E-state index contributed by atoms with van der Waals surface area (Å²) >= 11 is 0. The molecule has 2 aromatic heterocycles. The highest BCUT2D eigenvalue weighted by molar-refractivity contribution is 6.05. The number of hydrogen-bond acceptors (Lipinski definition) is 4. The summed E-state index contributed by atoms with van der Waals surface area (Å²) in [6.45, 7) is 4.51. The number of nitrogens with one attached hydrogen (secondary N) is 2. The largest absolute Gasteiger partial charge is 0.360 e. The smallest absolute Gasteiger partial charge is 0.292 e. The van der Waals surface area contributed by atoms with Crippen molar-refractivity contribution in [2.45, 2.75) is 33.2 Å². The van der Waals surface area contributed by atoms with Crippen LogP contribution in [0.15, 0.2) is 58.6 Å². The summed E-state index contributed by atoms with van der Waals surface area (Å²) in [6.07, 6.45) is 5.15. The molecule has 2 N–H and O–H groups in total. The fraction of sp³-hybridized carbons (Fsp3) is 0.217. The van der Waals surface area contributed by atoms with Gasteiger partial charge in [-0.3, -0.25) is 9.59 Å². The van der Waals surface area contributed by atoms with E-state index >= 15 is 0 Å². The van der Waals surface area contributed by atoms with E-state index in [1.54, 1.807) is 30.5 Å². The second-order valence-corrected chi connectivity index (χ2v) is 7.06. The standard InChI is InChI=1S/C23H23N5O2/c1-3-12-28-23(30)19-10-6-5-9-18(19)21(27-28)22(29)26-25-14-16-13-24-20-15(4-2)8-7-11-17(16)20/h5-11,13-14,24H,3-4,12H2,1-2H3,(H,26,29)/b25-14+. The Morgan fingerprint density at radius 1 is 1.13 bits per heavy atom. The van der Waals surface area contributed by atoms with Gasteiger partial charge in [0.25, 0.3) is 11.5 Å². The van der Waals surface area contributed by atoms with Crippen LogP contribution in [0.5, 0.6) is 0 Å². The zero-order valence-electron chi connectivity index (χ0n) is 17.0. The molecule has 0 fully saturated rings. The molecule has 2 heterocycles. The van der Waals surface area contributed by atoms with Gasteiger partial charge < -0.3 is 4.98 Å². The second-order valence-electron chi connectivity index (χ2n) is 7.06. The van der Waals surface area contributed by atoms with E-state index in [1.165, 1.54) is 10.2 Å². The molecule has 0 unspecified atom stereocenters. The summed E-state index contributed by atoms with van der Waals surface area (Å²) in [7, 11) is 0. The molecule has 0 atom stereocenters. The molecule has 1 amide bonds. The molecule has 0 spiro atoms. The van der Waals surface area contributed by atoms with E-state index in [0.717, 1.165) is 29.3 Å². The van der Waals surface area contributed by atoms with Crippen molar-refractivity contribution in [3.63, 3.8) is 0 Å². The molecule has 4 rings (SSSR count). The Kier molecular flexibility index (Phi) is 5.43. The SMILES string of the molecule is CCCn1nc(C(=O)N/N=C/c2c[nH]c3c(CC)cccc23)c2ccccc2c1=O. The number of para-hydroxylation sites is 1. The van der Waals surface area contributed by atoms with E-state index in [4.69, 9.17) is 0 Å². The first-order chi connectivity index (χ1) is 14.6. The van der Waals surface area contributed by atoms with Crippen LogP contribution in [0.3, 0.4) is 0 Å². The molecule has 0 saturated carbocycles. The number of rotatable bonds is 6. The fourth-order valence-corrected chi connectivity index (χ4v) is 3.62. The highest BCUT2D eigenvalue weighted by Crippen LogP contribution is 2.21. The number of fused-ring (bicyclic) bond motifs is 2. The molecule has 152 valence electrons. The number of hydrazone groups is 1. The number of benzene rings is 2. The zero-order chi connectivity index (χ0) is 21.1. The maximum Gasteiger partial charge on any atom is 0.292 e. The number of carbonyl (C=O) groups is 1. The number of carbonyl (C=O) groups excluding carboxylic acids is 1. The maximum atomic E-state index is 12.8. The lowest BCUT2D eigenvalue weighted by Gasteiger charge is -2.09. The Labute approximate surface area is 173 Å². The molecular formula is C23H23N5O2. The molecule has 4 aromatic rings. The number of aromatic nitrogens is 3. The van der Waals surface area contributed by atoms with E-state index in [9.17, 15) is 9.59 Å². The van der Waals surface area contributed by atoms with E-state index in [2.05, 4.69) is 33.6 Å². The minimum Gasteiger partial charge on any atom is -0.360 e. The summed E-state index contributed by atoms with van der Waals surface area (Å²) in [4.78, 5) is 28.7. The molecule has 0 aliphatic rings. The Hall–Kier alpha value is -3.74. The van der Waals surface area contributed by atoms with Crippen LogP contribution < -0.4 is 11.0 Å². The summed E-state index contributed by atoms with van der Waals surface area (Å²) in [5.74, 6) is -0.457. The average Bonchev–Trinajstić information content (AvgIpc) is 3.19. The number of aromatic amines is 1. The summed E-state index contributed by atoms with van der Waals surface area (Å²) < 4.78 is 1.34. The molecule has 0 radical (unpaired) electrons. The number of amides is 1. The average molecular weight is 401 g/mol. The van der Waals surface area contributed by atoms with Crippen molar-refractivity contribution in [3.8, 4) is 0 Å². The Balaban J connectivity index is 1.64. The predicted octanol–water partition coefficient (Wildman–Crippen LogP) is 3.61. The van der Waals surface area contributed by atoms with Crippen LogP contribution in [0.25, 0.3) is 21.7 Å². The lowest BCUT2D eigenvalue weighted by Crippen LogP contribution is -2.29. The van der Waals surface area contributed by atoms with Crippen LogP contribution >= 0.6 is 0 Å². The number of aryl methyl sites for hydroxylation is 2. The predicted molar refractivity (Wildman–Crippen MR) is 119 cm³/mol. The minimum absolute atomic E-state index is 0.183. The van der Waals surface area contributed by atoms with Crippen molar-refractivity contribution in [2.75, 3.05) is 0 Å². The third-order valence-electron chi connectivity index (χ3n) is 5.10. The molecule has 7 nitrogen and oxygen atoms in total. The van der Waals surface area contributed by atoms with Crippen molar-refractivity contribution >= 4 is 33.8 Å². The fourth-order valence-electron chi connectivity index (χ4n) is 3.62. The van der Waals surface area contributed by atoms with E-state index in [1.807, 2.05) is 25.3 Å². The van der Waals surface area contributed by atoms with Crippen LogP contribution in [0.4, 0.5) is 0 Å². The second kappa shape index (κ2) is 8.32. The Morgan fingerprint density at radius 3 is 2.67 bits per heavy atom. The summed E-state index contributed by atoms with van der Waals surface area (Å²) in [5, 5.41) is 10.5. The number of nitrogens with zero attached hydrogens (tertiary/aromatic N) is 3. The van der Waals surface area contributed by atoms with Crippen molar-refractivity contribution in [1.82, 2.24) is 20.2 Å². The van der Waals surface area contributed by atoms with Gasteiger partial charge in [-0.15, -0.1) is 0 Å². The maximum absolute atomic E-state index is 12.8. The van der Waals surface area contributed by atoms with Gasteiger partial charge in [0, 0.05) is 34.6 Å². The molecule has 0 aliphatic heterocycles. The quantitative estimate of drug-likeness (QED) is 0.382. The summed E-state index contributed by atoms with van der Waals surface area (Å²) in [5.41, 5.74) is 5.72. The van der Waals surface area contributed by atoms with E-state index < -0.39 is 5.91 Å². The van der Waals surface area contributed by atoms with Gasteiger partial charge in [-0.25, -0.2) is 10.1 Å². The van der Waals surface area contributed by atoms with Crippen LogP contribution in [0, 0.1) is 0 Å². The third kappa shape index (κ3) is 3.50. The number of H-pyrrole nitrogens is 1. The molecule has 30 heavy (non-hydrogen) atoms. The third-order valence-corrected chi connectivity index (χ3v) is 5.10. The van der Waals surface area contributed by atoms with Gasteiger partial charge >= 0.3 is 0 Å². The normalized spacial score (nSPS) is 11.5. The number of hydrogen-bond donors (Lipinski definition) is 2. The van der Waals surface area contributed by atoms with Crippen LogP contribution in [-0.4, -0.2) is 26.9 Å².